The maximum absolute atomic E-state index is 12.7. The highest BCUT2D eigenvalue weighted by Crippen LogP contribution is 2.15. The predicted octanol–water partition coefficient (Wildman–Crippen LogP) is 1.53. The number of hydrogen-bond donors (Lipinski definition) is 2. The number of carbonyl (C=O) groups excluding carboxylic acids is 1. The van der Waals surface area contributed by atoms with Crippen molar-refractivity contribution in [1.29, 1.82) is 0 Å². The molecule has 0 spiro atoms. The molecule has 0 aliphatic rings. The molecule has 1 atom stereocenters. The minimum Gasteiger partial charge on any atom is -0.390 e. The van der Waals surface area contributed by atoms with E-state index in [1.165, 1.54) is 0 Å². The van der Waals surface area contributed by atoms with E-state index < -0.39 is 30.9 Å². The molecule has 0 saturated heterocycles. The fourth-order valence-corrected chi connectivity index (χ4v) is 1.32. The van der Waals surface area contributed by atoms with Gasteiger partial charge in [0.15, 0.2) is 0 Å². The lowest BCUT2D eigenvalue weighted by Crippen LogP contribution is -2.40. The highest BCUT2D eigenvalue weighted by atomic mass is 19.3. The molecule has 1 unspecified atom stereocenters. The molecule has 1 rings (SSSR count). The van der Waals surface area contributed by atoms with Crippen LogP contribution in [0.3, 0.4) is 0 Å². The summed E-state index contributed by atoms with van der Waals surface area (Å²) >= 11 is 0. The van der Waals surface area contributed by atoms with Crippen LogP contribution in [-0.2, 0) is 4.79 Å². The summed E-state index contributed by atoms with van der Waals surface area (Å²) in [7, 11) is 0. The van der Waals surface area contributed by atoms with Gasteiger partial charge < -0.3 is 10.4 Å². The van der Waals surface area contributed by atoms with E-state index in [4.69, 9.17) is 5.11 Å². The summed E-state index contributed by atoms with van der Waals surface area (Å²) < 4.78 is 25.4. The van der Waals surface area contributed by atoms with Gasteiger partial charge in [0.05, 0.1) is 12.5 Å². The molecule has 0 aliphatic heterocycles. The van der Waals surface area contributed by atoms with Crippen molar-refractivity contribution >= 4 is 5.91 Å². The molecule has 0 fully saturated rings. The Hall–Kier alpha value is -1.49. The van der Waals surface area contributed by atoms with Crippen molar-refractivity contribution < 1.29 is 18.7 Å². The summed E-state index contributed by atoms with van der Waals surface area (Å²) in [6, 6.07) is 8.89. The fraction of sp³-hybridized carbons (Fsp3) is 0.417. The van der Waals surface area contributed by atoms with Gasteiger partial charge in [-0.3, -0.25) is 4.79 Å². The Kier molecular flexibility index (Phi) is 4.57. The van der Waals surface area contributed by atoms with Crippen LogP contribution in [0.5, 0.6) is 0 Å². The summed E-state index contributed by atoms with van der Waals surface area (Å²) in [6.45, 7) is -0.478. The zero-order valence-electron chi connectivity index (χ0n) is 9.49. The van der Waals surface area contributed by atoms with Crippen LogP contribution in [0.25, 0.3) is 0 Å². The largest absolute Gasteiger partial charge is 0.390 e. The van der Waals surface area contributed by atoms with Crippen LogP contribution in [0.1, 0.15) is 18.4 Å². The highest BCUT2D eigenvalue weighted by Gasteiger charge is 2.29. The molecule has 0 bridgehead atoms. The van der Waals surface area contributed by atoms with Crippen molar-refractivity contribution in [3.8, 4) is 0 Å². The Labute approximate surface area is 98.5 Å². The number of rotatable bonds is 5. The second-order valence-electron chi connectivity index (χ2n) is 3.86. The normalized spacial score (nSPS) is 13.2. The van der Waals surface area contributed by atoms with E-state index in [1.807, 2.05) is 6.07 Å². The summed E-state index contributed by atoms with van der Waals surface area (Å²) in [5.41, 5.74) is 0.761. The molecule has 0 aliphatic carbocycles. The van der Waals surface area contributed by atoms with Crippen molar-refractivity contribution in [2.24, 2.45) is 0 Å². The number of benzene rings is 1. The molecular weight excluding hydrogens is 228 g/mol. The highest BCUT2D eigenvalue weighted by molar-refractivity contribution is 5.83. The number of hydrogen-bond acceptors (Lipinski definition) is 2. The lowest BCUT2D eigenvalue weighted by molar-refractivity contribution is -0.125. The smallest absolute Gasteiger partial charge is 0.287 e. The van der Waals surface area contributed by atoms with E-state index >= 15 is 0 Å². The Morgan fingerprint density at radius 2 is 2.00 bits per heavy atom. The van der Waals surface area contributed by atoms with Crippen molar-refractivity contribution in [2.75, 3.05) is 13.2 Å². The number of aliphatic hydroxyl groups is 1. The SMILES string of the molecule is CC(C(=O)NCC(F)(F)CO)c1ccccc1. The van der Waals surface area contributed by atoms with Crippen LogP contribution < -0.4 is 5.32 Å². The Balaban J connectivity index is 2.54. The minimum atomic E-state index is -3.27. The summed E-state index contributed by atoms with van der Waals surface area (Å²) in [6.07, 6.45) is 0. The van der Waals surface area contributed by atoms with Crippen LogP contribution in [0.4, 0.5) is 8.78 Å². The summed E-state index contributed by atoms with van der Waals surface area (Å²) in [4.78, 5) is 11.6. The van der Waals surface area contributed by atoms with Gasteiger partial charge in [0, 0.05) is 0 Å². The third-order valence-electron chi connectivity index (χ3n) is 2.45. The number of alkyl halides is 2. The molecule has 1 amide bonds. The van der Waals surface area contributed by atoms with Crippen LogP contribution >= 0.6 is 0 Å². The van der Waals surface area contributed by atoms with Gasteiger partial charge in [-0.15, -0.1) is 0 Å². The first-order valence-corrected chi connectivity index (χ1v) is 5.27. The van der Waals surface area contributed by atoms with Crippen molar-refractivity contribution in [3.05, 3.63) is 35.9 Å². The predicted molar refractivity (Wildman–Crippen MR) is 59.9 cm³/mol. The molecule has 3 nitrogen and oxygen atoms in total. The standard InChI is InChI=1S/C12H15F2NO2/c1-9(10-5-3-2-4-6-10)11(17)15-7-12(13,14)8-16/h2-6,9,16H,7-8H2,1H3,(H,15,17). The van der Waals surface area contributed by atoms with Gasteiger partial charge in [0.2, 0.25) is 5.91 Å². The van der Waals surface area contributed by atoms with E-state index in [0.29, 0.717) is 0 Å². The molecular formula is C12H15F2NO2. The van der Waals surface area contributed by atoms with Gasteiger partial charge >= 0.3 is 0 Å². The topological polar surface area (TPSA) is 49.3 Å². The van der Waals surface area contributed by atoms with E-state index in [9.17, 15) is 13.6 Å². The molecule has 0 aromatic heterocycles. The molecule has 2 N–H and O–H groups in total. The molecule has 94 valence electrons. The lowest BCUT2D eigenvalue weighted by atomic mass is 10.0. The van der Waals surface area contributed by atoms with Gasteiger partial charge in [-0.05, 0) is 12.5 Å². The molecule has 5 heteroatoms. The second-order valence-corrected chi connectivity index (χ2v) is 3.86. The van der Waals surface area contributed by atoms with E-state index in [0.717, 1.165) is 5.56 Å². The monoisotopic (exact) mass is 243 g/mol. The lowest BCUT2D eigenvalue weighted by Gasteiger charge is -2.17. The number of carbonyl (C=O) groups is 1. The Morgan fingerprint density at radius 3 is 2.53 bits per heavy atom. The minimum absolute atomic E-state index is 0.482. The van der Waals surface area contributed by atoms with Crippen LogP contribution in [0.2, 0.25) is 0 Å². The Morgan fingerprint density at radius 1 is 1.41 bits per heavy atom. The van der Waals surface area contributed by atoms with Gasteiger partial charge in [-0.25, -0.2) is 8.78 Å². The van der Waals surface area contributed by atoms with Crippen LogP contribution in [0.15, 0.2) is 30.3 Å². The summed E-state index contributed by atoms with van der Waals surface area (Å²) in [5.74, 6) is -4.25. The molecule has 1 aromatic rings. The van der Waals surface area contributed by atoms with Crippen LogP contribution in [0, 0.1) is 0 Å². The van der Waals surface area contributed by atoms with E-state index in [2.05, 4.69) is 5.32 Å². The maximum atomic E-state index is 12.7. The zero-order valence-corrected chi connectivity index (χ0v) is 9.49. The second kappa shape index (κ2) is 5.72. The quantitative estimate of drug-likeness (QED) is 0.824. The van der Waals surface area contributed by atoms with Crippen molar-refractivity contribution in [1.82, 2.24) is 5.32 Å². The number of halogens is 2. The average molecular weight is 243 g/mol. The summed E-state index contributed by atoms with van der Waals surface area (Å²) in [5, 5.41) is 10.5. The maximum Gasteiger partial charge on any atom is 0.287 e. The zero-order chi connectivity index (χ0) is 12.9. The van der Waals surface area contributed by atoms with Crippen molar-refractivity contribution in [2.45, 2.75) is 18.8 Å². The van der Waals surface area contributed by atoms with E-state index in [-0.39, 0.29) is 0 Å². The fourth-order valence-electron chi connectivity index (χ4n) is 1.32. The first-order chi connectivity index (χ1) is 7.96. The van der Waals surface area contributed by atoms with Crippen LogP contribution in [-0.4, -0.2) is 30.1 Å². The first kappa shape index (κ1) is 13.6. The van der Waals surface area contributed by atoms with Crippen molar-refractivity contribution in [3.63, 3.8) is 0 Å². The molecule has 0 heterocycles. The third-order valence-corrected chi connectivity index (χ3v) is 2.45. The molecule has 1 aromatic carbocycles. The van der Waals surface area contributed by atoms with Gasteiger partial charge in [0.25, 0.3) is 5.92 Å². The number of nitrogens with one attached hydrogen (secondary N) is 1. The average Bonchev–Trinajstić information content (AvgIpc) is 2.36. The Bertz CT molecular complexity index is 368. The third kappa shape index (κ3) is 4.11. The van der Waals surface area contributed by atoms with Gasteiger partial charge in [-0.1, -0.05) is 30.3 Å². The van der Waals surface area contributed by atoms with Gasteiger partial charge in [-0.2, -0.15) is 0 Å². The molecule has 0 saturated carbocycles. The van der Waals surface area contributed by atoms with E-state index in [1.54, 1.807) is 31.2 Å². The number of aliphatic hydroxyl groups excluding tert-OH is 1. The number of amides is 1. The van der Waals surface area contributed by atoms with Gasteiger partial charge in [0.1, 0.15) is 6.61 Å². The molecule has 17 heavy (non-hydrogen) atoms. The first-order valence-electron chi connectivity index (χ1n) is 5.27. The molecule has 0 radical (unpaired) electrons.